The fourth-order valence-electron chi connectivity index (χ4n) is 2.67. The van der Waals surface area contributed by atoms with Gasteiger partial charge in [-0.2, -0.15) is 0 Å². The van der Waals surface area contributed by atoms with Gasteiger partial charge in [0.25, 0.3) is 0 Å². The number of aromatic nitrogens is 1. The number of nitrogens with zero attached hydrogens (tertiary/aromatic N) is 1. The van der Waals surface area contributed by atoms with E-state index < -0.39 is 0 Å². The maximum atomic E-state index is 5.89. The maximum Gasteiger partial charge on any atom is 0.0952 e. The molecule has 20 heavy (non-hydrogen) atoms. The summed E-state index contributed by atoms with van der Waals surface area (Å²) in [6, 6.07) is 10.6. The molecule has 2 heterocycles. The molecule has 0 saturated carbocycles. The Kier molecular flexibility index (Phi) is 4.09. The van der Waals surface area contributed by atoms with Crippen molar-refractivity contribution in [2.24, 2.45) is 0 Å². The monoisotopic (exact) mass is 268 g/mol. The lowest BCUT2D eigenvalue weighted by atomic mass is 9.97. The van der Waals surface area contributed by atoms with E-state index in [1.54, 1.807) is 0 Å². The second-order valence-corrected chi connectivity index (χ2v) is 5.24. The highest BCUT2D eigenvalue weighted by Crippen LogP contribution is 2.26. The highest BCUT2D eigenvalue weighted by atomic mass is 16.5. The van der Waals surface area contributed by atoms with E-state index in [1.807, 2.05) is 18.5 Å². The van der Waals surface area contributed by atoms with Crippen molar-refractivity contribution in [1.29, 1.82) is 0 Å². The fraction of sp³-hybridized carbons (Fsp3) is 0.353. The first-order valence-corrected chi connectivity index (χ1v) is 7.14. The highest BCUT2D eigenvalue weighted by molar-refractivity contribution is 5.31. The van der Waals surface area contributed by atoms with Gasteiger partial charge in [0.05, 0.1) is 12.7 Å². The molecule has 0 radical (unpaired) electrons. The van der Waals surface area contributed by atoms with E-state index in [0.29, 0.717) is 0 Å². The minimum Gasteiger partial charge on any atom is -0.372 e. The Morgan fingerprint density at radius 2 is 2.20 bits per heavy atom. The number of rotatable bonds is 4. The first-order valence-electron chi connectivity index (χ1n) is 7.14. The Bertz CT molecular complexity index is 583. The summed E-state index contributed by atoms with van der Waals surface area (Å²) >= 11 is 0. The number of pyridine rings is 1. The predicted molar refractivity (Wildman–Crippen MR) is 79.5 cm³/mol. The first kappa shape index (κ1) is 13.3. The third-order valence-electron chi connectivity index (χ3n) is 3.89. The molecular weight excluding hydrogens is 248 g/mol. The van der Waals surface area contributed by atoms with Gasteiger partial charge in [0.1, 0.15) is 0 Å². The molecule has 3 rings (SSSR count). The van der Waals surface area contributed by atoms with E-state index >= 15 is 0 Å². The second kappa shape index (κ2) is 6.16. The molecule has 1 aromatic heterocycles. The lowest BCUT2D eigenvalue weighted by Gasteiger charge is -2.26. The Labute approximate surface area is 120 Å². The number of aryl methyl sites for hydroxylation is 1. The van der Waals surface area contributed by atoms with Gasteiger partial charge < -0.3 is 10.1 Å². The molecule has 1 aromatic carbocycles. The number of fused-ring (bicyclic) bond motifs is 1. The Morgan fingerprint density at radius 3 is 3.10 bits per heavy atom. The third-order valence-corrected chi connectivity index (χ3v) is 3.89. The molecule has 0 saturated heterocycles. The summed E-state index contributed by atoms with van der Waals surface area (Å²) in [5.74, 6) is 0. The largest absolute Gasteiger partial charge is 0.372 e. The maximum absolute atomic E-state index is 5.89. The molecule has 0 aliphatic carbocycles. The van der Waals surface area contributed by atoms with E-state index in [-0.39, 0.29) is 6.10 Å². The Morgan fingerprint density at radius 1 is 1.30 bits per heavy atom. The van der Waals surface area contributed by atoms with Gasteiger partial charge in [-0.15, -0.1) is 0 Å². The zero-order chi connectivity index (χ0) is 13.8. The molecular formula is C17H20N2O. The summed E-state index contributed by atoms with van der Waals surface area (Å²) in [6.07, 6.45) is 4.95. The van der Waals surface area contributed by atoms with Gasteiger partial charge in [0.2, 0.25) is 0 Å². The summed E-state index contributed by atoms with van der Waals surface area (Å²) in [6.45, 7) is 4.60. The van der Waals surface area contributed by atoms with Crippen LogP contribution in [0.4, 0.5) is 0 Å². The van der Waals surface area contributed by atoms with Crippen LogP contribution in [0.3, 0.4) is 0 Å². The van der Waals surface area contributed by atoms with Crippen LogP contribution in [0.1, 0.15) is 28.4 Å². The molecule has 0 spiro atoms. The van der Waals surface area contributed by atoms with Crippen LogP contribution < -0.4 is 5.32 Å². The van der Waals surface area contributed by atoms with Crippen LogP contribution in [0.15, 0.2) is 42.7 Å². The predicted octanol–water partition coefficient (Wildman–Crippen LogP) is 2.79. The van der Waals surface area contributed by atoms with Gasteiger partial charge in [-0.1, -0.05) is 24.3 Å². The molecule has 104 valence electrons. The van der Waals surface area contributed by atoms with Gasteiger partial charge >= 0.3 is 0 Å². The van der Waals surface area contributed by atoms with Gasteiger partial charge in [-0.25, -0.2) is 0 Å². The summed E-state index contributed by atoms with van der Waals surface area (Å²) in [5, 5.41) is 3.49. The van der Waals surface area contributed by atoms with E-state index in [2.05, 4.69) is 41.5 Å². The molecule has 1 aliphatic rings. The summed E-state index contributed by atoms with van der Waals surface area (Å²) in [4.78, 5) is 4.18. The number of nitrogens with one attached hydrogen (secondary N) is 1. The molecule has 0 fully saturated rings. The first-order chi connectivity index (χ1) is 9.84. The fourth-order valence-corrected chi connectivity index (χ4v) is 2.67. The minimum absolute atomic E-state index is 0.164. The highest BCUT2D eigenvalue weighted by Gasteiger charge is 2.19. The molecule has 3 heteroatoms. The zero-order valence-corrected chi connectivity index (χ0v) is 11.8. The standard InChI is InChI=1S/C17H20N2O/c1-13-6-8-18-10-15(13)11-19-12-17-16-5-3-2-4-14(16)7-9-20-17/h2-6,8,10,17,19H,7,9,11-12H2,1H3. The van der Waals surface area contributed by atoms with Crippen LogP contribution in [0.25, 0.3) is 0 Å². The molecule has 1 unspecified atom stereocenters. The lowest BCUT2D eigenvalue weighted by molar-refractivity contribution is 0.0423. The van der Waals surface area contributed by atoms with Crippen molar-refractivity contribution in [2.45, 2.75) is 26.0 Å². The normalized spacial score (nSPS) is 17.8. The van der Waals surface area contributed by atoms with Crippen LogP contribution in [-0.4, -0.2) is 18.1 Å². The number of ether oxygens (including phenoxy) is 1. The quantitative estimate of drug-likeness (QED) is 0.926. The zero-order valence-electron chi connectivity index (χ0n) is 11.8. The molecule has 2 aromatic rings. The van der Waals surface area contributed by atoms with Crippen molar-refractivity contribution in [3.8, 4) is 0 Å². The van der Waals surface area contributed by atoms with Crippen LogP contribution >= 0.6 is 0 Å². The van der Waals surface area contributed by atoms with Crippen molar-refractivity contribution in [1.82, 2.24) is 10.3 Å². The van der Waals surface area contributed by atoms with Crippen LogP contribution in [0.5, 0.6) is 0 Å². The van der Waals surface area contributed by atoms with Gasteiger partial charge in [-0.05, 0) is 41.7 Å². The summed E-state index contributed by atoms with van der Waals surface area (Å²) in [7, 11) is 0. The van der Waals surface area contributed by atoms with Crippen molar-refractivity contribution in [3.63, 3.8) is 0 Å². The smallest absolute Gasteiger partial charge is 0.0952 e. The molecule has 1 aliphatic heterocycles. The summed E-state index contributed by atoms with van der Waals surface area (Å²) < 4.78 is 5.89. The topological polar surface area (TPSA) is 34.2 Å². The van der Waals surface area contributed by atoms with Crippen LogP contribution in [0.2, 0.25) is 0 Å². The lowest BCUT2D eigenvalue weighted by Crippen LogP contribution is -2.27. The van der Waals surface area contributed by atoms with Crippen molar-refractivity contribution in [3.05, 3.63) is 65.0 Å². The minimum atomic E-state index is 0.164. The van der Waals surface area contributed by atoms with Crippen molar-refractivity contribution < 1.29 is 4.74 Å². The van der Waals surface area contributed by atoms with E-state index in [9.17, 15) is 0 Å². The van der Waals surface area contributed by atoms with Gasteiger partial charge in [0.15, 0.2) is 0 Å². The van der Waals surface area contributed by atoms with Crippen LogP contribution in [-0.2, 0) is 17.7 Å². The Balaban J connectivity index is 1.61. The number of benzene rings is 1. The van der Waals surface area contributed by atoms with E-state index in [0.717, 1.165) is 26.1 Å². The van der Waals surface area contributed by atoms with E-state index in [4.69, 9.17) is 4.74 Å². The molecule has 1 atom stereocenters. The number of hydrogen-bond donors (Lipinski definition) is 1. The Hall–Kier alpha value is -1.71. The van der Waals surface area contributed by atoms with Gasteiger partial charge in [0, 0.05) is 25.5 Å². The number of hydrogen-bond acceptors (Lipinski definition) is 3. The molecule has 0 bridgehead atoms. The molecule has 1 N–H and O–H groups in total. The van der Waals surface area contributed by atoms with Crippen LogP contribution in [0, 0.1) is 6.92 Å². The average molecular weight is 268 g/mol. The third kappa shape index (κ3) is 2.89. The molecule has 0 amide bonds. The summed E-state index contributed by atoms with van der Waals surface area (Å²) in [5.41, 5.74) is 5.27. The van der Waals surface area contributed by atoms with Crippen molar-refractivity contribution in [2.75, 3.05) is 13.2 Å². The average Bonchev–Trinajstić information content (AvgIpc) is 2.49. The SMILES string of the molecule is Cc1ccncc1CNCC1OCCc2ccccc21. The van der Waals surface area contributed by atoms with Gasteiger partial charge in [-0.3, -0.25) is 4.98 Å². The molecule has 3 nitrogen and oxygen atoms in total. The second-order valence-electron chi connectivity index (χ2n) is 5.24. The van der Waals surface area contributed by atoms with E-state index in [1.165, 1.54) is 22.3 Å². The van der Waals surface area contributed by atoms with Crippen molar-refractivity contribution >= 4 is 0 Å².